The molecule has 0 bridgehead atoms. The van der Waals surface area contributed by atoms with Crippen molar-refractivity contribution in [3.8, 4) is 5.88 Å². The second-order valence-corrected chi connectivity index (χ2v) is 4.38. The van der Waals surface area contributed by atoms with Crippen molar-refractivity contribution in [2.24, 2.45) is 0 Å². The van der Waals surface area contributed by atoms with Crippen LogP contribution in [0, 0.1) is 0 Å². The Morgan fingerprint density at radius 3 is 2.60 bits per heavy atom. The molecule has 0 saturated carbocycles. The highest BCUT2D eigenvalue weighted by Gasteiger charge is 2.00. The fraction of sp³-hybridized carbons (Fsp3) is 0.250. The van der Waals surface area contributed by atoms with Crippen molar-refractivity contribution in [1.82, 2.24) is 4.98 Å². The highest BCUT2D eigenvalue weighted by atomic mass is 32.1. The molecule has 1 N–H and O–H groups in total. The summed E-state index contributed by atoms with van der Waals surface area (Å²) in [5, 5.41) is 11.8. The van der Waals surface area contributed by atoms with Crippen LogP contribution in [0.5, 0.6) is 5.88 Å². The van der Waals surface area contributed by atoms with Gasteiger partial charge in [0.05, 0.1) is 10.4 Å². The van der Waals surface area contributed by atoms with E-state index in [-0.39, 0.29) is 5.88 Å². The average molecular weight is 219 g/mol. The van der Waals surface area contributed by atoms with Gasteiger partial charge in [0, 0.05) is 0 Å². The summed E-state index contributed by atoms with van der Waals surface area (Å²) in [6.45, 7) is 0. The molecule has 1 heterocycles. The molecule has 0 saturated heterocycles. The van der Waals surface area contributed by atoms with Gasteiger partial charge < -0.3 is 5.11 Å². The first-order valence-electron chi connectivity index (χ1n) is 5.02. The molecule has 0 aliphatic carbocycles. The normalized spacial score (nSPS) is 10.4. The summed E-state index contributed by atoms with van der Waals surface area (Å²) in [6, 6.07) is 10.4. The molecule has 2 aromatic rings. The molecule has 1 aromatic carbocycles. The zero-order valence-corrected chi connectivity index (χ0v) is 9.20. The Labute approximate surface area is 93.2 Å². The smallest absolute Gasteiger partial charge is 0.222 e. The fourth-order valence-electron chi connectivity index (χ4n) is 1.50. The summed E-state index contributed by atoms with van der Waals surface area (Å²) in [5.74, 6) is 0.148. The van der Waals surface area contributed by atoms with Crippen molar-refractivity contribution in [3.05, 3.63) is 46.3 Å². The lowest BCUT2D eigenvalue weighted by Crippen LogP contribution is -1.88. The first-order valence-corrected chi connectivity index (χ1v) is 5.90. The molecule has 0 unspecified atom stereocenters. The van der Waals surface area contributed by atoms with Crippen LogP contribution in [0.4, 0.5) is 0 Å². The Bertz CT molecular complexity index is 411. The third-order valence-electron chi connectivity index (χ3n) is 2.24. The molecule has 2 rings (SSSR count). The standard InChI is InChI=1S/C12H13NOS/c14-11-9-15-12(13-11)8-4-7-10-5-2-1-3-6-10/h1-3,5-6,9,14H,4,7-8H2. The predicted molar refractivity (Wildman–Crippen MR) is 62.2 cm³/mol. The van der Waals surface area contributed by atoms with Crippen molar-refractivity contribution in [3.63, 3.8) is 0 Å². The quantitative estimate of drug-likeness (QED) is 0.857. The highest BCUT2D eigenvalue weighted by Crippen LogP contribution is 2.16. The van der Waals surface area contributed by atoms with E-state index in [9.17, 15) is 0 Å². The van der Waals surface area contributed by atoms with Crippen molar-refractivity contribution < 1.29 is 5.11 Å². The maximum atomic E-state index is 9.07. The van der Waals surface area contributed by atoms with Crippen LogP contribution in [-0.4, -0.2) is 10.1 Å². The van der Waals surface area contributed by atoms with E-state index in [1.54, 1.807) is 5.38 Å². The SMILES string of the molecule is Oc1csc(CCCc2ccccc2)n1. The van der Waals surface area contributed by atoms with Gasteiger partial charge in [0.2, 0.25) is 5.88 Å². The van der Waals surface area contributed by atoms with Crippen LogP contribution >= 0.6 is 11.3 Å². The van der Waals surface area contributed by atoms with Crippen molar-refractivity contribution >= 4 is 11.3 Å². The van der Waals surface area contributed by atoms with Gasteiger partial charge in [-0.25, -0.2) is 4.98 Å². The third-order valence-corrected chi connectivity index (χ3v) is 3.13. The number of aromatic hydroxyl groups is 1. The molecule has 3 heteroatoms. The van der Waals surface area contributed by atoms with Gasteiger partial charge in [-0.05, 0) is 24.8 Å². The number of aromatic nitrogens is 1. The Kier molecular flexibility index (Phi) is 3.35. The zero-order valence-electron chi connectivity index (χ0n) is 8.39. The molecule has 0 aliphatic rings. The van der Waals surface area contributed by atoms with Gasteiger partial charge in [-0.15, -0.1) is 11.3 Å². The molecular weight excluding hydrogens is 206 g/mol. The minimum atomic E-state index is 0.148. The van der Waals surface area contributed by atoms with E-state index in [1.807, 2.05) is 6.07 Å². The number of nitrogens with zero attached hydrogens (tertiary/aromatic N) is 1. The van der Waals surface area contributed by atoms with Gasteiger partial charge in [0.15, 0.2) is 0 Å². The zero-order chi connectivity index (χ0) is 10.5. The molecule has 0 spiro atoms. The van der Waals surface area contributed by atoms with Crippen LogP contribution in [0.25, 0.3) is 0 Å². The average Bonchev–Trinajstić information content (AvgIpc) is 2.66. The van der Waals surface area contributed by atoms with Gasteiger partial charge in [0.1, 0.15) is 0 Å². The van der Waals surface area contributed by atoms with Crippen LogP contribution < -0.4 is 0 Å². The molecule has 0 aliphatic heterocycles. The Morgan fingerprint density at radius 1 is 1.13 bits per heavy atom. The number of thiazole rings is 1. The fourth-order valence-corrected chi connectivity index (χ4v) is 2.21. The predicted octanol–water partition coefficient (Wildman–Crippen LogP) is 3.02. The lowest BCUT2D eigenvalue weighted by Gasteiger charge is -1.98. The van der Waals surface area contributed by atoms with E-state index < -0.39 is 0 Å². The summed E-state index contributed by atoms with van der Waals surface area (Å²) in [5.41, 5.74) is 1.36. The number of benzene rings is 1. The summed E-state index contributed by atoms with van der Waals surface area (Å²) in [7, 11) is 0. The molecular formula is C12H13NOS. The van der Waals surface area contributed by atoms with E-state index in [2.05, 4.69) is 29.2 Å². The number of hydrogen-bond donors (Lipinski definition) is 1. The maximum Gasteiger partial charge on any atom is 0.222 e. The summed E-state index contributed by atoms with van der Waals surface area (Å²) >= 11 is 1.52. The Balaban J connectivity index is 1.80. The summed E-state index contributed by atoms with van der Waals surface area (Å²) in [6.07, 6.45) is 3.10. The van der Waals surface area contributed by atoms with E-state index in [0.717, 1.165) is 24.3 Å². The van der Waals surface area contributed by atoms with Crippen molar-refractivity contribution in [1.29, 1.82) is 0 Å². The first kappa shape index (κ1) is 10.2. The second kappa shape index (κ2) is 4.94. The Morgan fingerprint density at radius 2 is 1.93 bits per heavy atom. The van der Waals surface area contributed by atoms with Gasteiger partial charge in [-0.2, -0.15) is 0 Å². The number of hydrogen-bond acceptors (Lipinski definition) is 3. The molecule has 1 aromatic heterocycles. The molecule has 0 radical (unpaired) electrons. The minimum Gasteiger partial charge on any atom is -0.493 e. The molecule has 78 valence electrons. The summed E-state index contributed by atoms with van der Waals surface area (Å²) < 4.78 is 0. The van der Waals surface area contributed by atoms with Crippen LogP contribution in [0.2, 0.25) is 0 Å². The molecule has 15 heavy (non-hydrogen) atoms. The van der Waals surface area contributed by atoms with Gasteiger partial charge in [0.25, 0.3) is 0 Å². The third kappa shape index (κ3) is 3.06. The lowest BCUT2D eigenvalue weighted by molar-refractivity contribution is 0.455. The van der Waals surface area contributed by atoms with Crippen LogP contribution in [0.3, 0.4) is 0 Å². The van der Waals surface area contributed by atoms with E-state index in [0.29, 0.717) is 0 Å². The molecule has 2 nitrogen and oxygen atoms in total. The van der Waals surface area contributed by atoms with Crippen molar-refractivity contribution in [2.75, 3.05) is 0 Å². The summed E-state index contributed by atoms with van der Waals surface area (Å²) in [4.78, 5) is 4.02. The van der Waals surface area contributed by atoms with Crippen LogP contribution in [-0.2, 0) is 12.8 Å². The van der Waals surface area contributed by atoms with E-state index >= 15 is 0 Å². The van der Waals surface area contributed by atoms with E-state index in [4.69, 9.17) is 5.11 Å². The van der Waals surface area contributed by atoms with Crippen molar-refractivity contribution in [2.45, 2.75) is 19.3 Å². The first-order chi connectivity index (χ1) is 7.34. The monoisotopic (exact) mass is 219 g/mol. The molecule has 0 amide bonds. The minimum absolute atomic E-state index is 0.148. The number of aryl methyl sites for hydroxylation is 2. The van der Waals surface area contributed by atoms with Gasteiger partial charge >= 0.3 is 0 Å². The topological polar surface area (TPSA) is 33.1 Å². The molecule has 0 fully saturated rings. The largest absolute Gasteiger partial charge is 0.493 e. The second-order valence-electron chi connectivity index (χ2n) is 3.44. The maximum absolute atomic E-state index is 9.07. The molecule has 0 atom stereocenters. The highest BCUT2D eigenvalue weighted by molar-refractivity contribution is 7.09. The van der Waals surface area contributed by atoms with Gasteiger partial charge in [-0.3, -0.25) is 0 Å². The van der Waals surface area contributed by atoms with Crippen LogP contribution in [0.1, 0.15) is 17.0 Å². The van der Waals surface area contributed by atoms with E-state index in [1.165, 1.54) is 16.9 Å². The number of rotatable bonds is 4. The lowest BCUT2D eigenvalue weighted by atomic mass is 10.1. The Hall–Kier alpha value is -1.35. The van der Waals surface area contributed by atoms with Crippen LogP contribution in [0.15, 0.2) is 35.7 Å². The van der Waals surface area contributed by atoms with Gasteiger partial charge in [-0.1, -0.05) is 30.3 Å².